The summed E-state index contributed by atoms with van der Waals surface area (Å²) in [6, 6.07) is 35.7. The lowest BCUT2D eigenvalue weighted by Crippen LogP contribution is -1.95. The number of hydrogen-bond acceptors (Lipinski definition) is 2. The summed E-state index contributed by atoms with van der Waals surface area (Å²) in [6.45, 7) is 8.96. The van der Waals surface area contributed by atoms with Gasteiger partial charge in [0.2, 0.25) is 0 Å². The Morgan fingerprint density at radius 1 is 0.500 bits per heavy atom. The summed E-state index contributed by atoms with van der Waals surface area (Å²) < 4.78 is 0. The van der Waals surface area contributed by atoms with Gasteiger partial charge in [-0.2, -0.15) is 0 Å². The van der Waals surface area contributed by atoms with Crippen molar-refractivity contribution in [2.75, 3.05) is 0 Å². The van der Waals surface area contributed by atoms with Crippen LogP contribution in [0.2, 0.25) is 0 Å². The molecule has 0 bridgehead atoms. The molecule has 0 saturated carbocycles. The van der Waals surface area contributed by atoms with Crippen LogP contribution in [0.5, 0.6) is 0 Å². The van der Waals surface area contributed by atoms with Gasteiger partial charge in [0.1, 0.15) is 0 Å². The summed E-state index contributed by atoms with van der Waals surface area (Å²) >= 11 is 0. The van der Waals surface area contributed by atoms with Gasteiger partial charge in [-0.15, -0.1) is 0 Å². The van der Waals surface area contributed by atoms with E-state index in [1.807, 2.05) is 21.6 Å². The van der Waals surface area contributed by atoms with Crippen LogP contribution in [0.4, 0.5) is 0 Å². The van der Waals surface area contributed by atoms with Crippen molar-refractivity contribution in [2.24, 2.45) is 0 Å². The largest absolute Gasteiger partial charge is 0.0853 e. The highest BCUT2D eigenvalue weighted by Crippen LogP contribution is 2.49. The van der Waals surface area contributed by atoms with Crippen molar-refractivity contribution in [1.82, 2.24) is 0 Å². The predicted octanol–water partition coefficient (Wildman–Crippen LogP) is 10.6. The average molecular weight is 483 g/mol. The van der Waals surface area contributed by atoms with Gasteiger partial charge in [-0.1, -0.05) is 132 Å². The Bertz CT molecular complexity index is 1100. The zero-order valence-electron chi connectivity index (χ0n) is 20.6. The molecule has 4 rings (SSSR count). The number of benzene rings is 4. The van der Waals surface area contributed by atoms with Gasteiger partial charge in [0, 0.05) is 10.5 Å². The Balaban J connectivity index is 1.43. The topological polar surface area (TPSA) is 0 Å². The molecule has 0 radical (unpaired) electrons. The molecule has 2 heteroatoms. The first-order chi connectivity index (χ1) is 16.6. The van der Waals surface area contributed by atoms with Gasteiger partial charge in [-0.25, -0.2) is 0 Å². The smallest absolute Gasteiger partial charge is 0.0398 e. The second-order valence-corrected chi connectivity index (χ2v) is 11.5. The van der Waals surface area contributed by atoms with Gasteiger partial charge in [0.15, 0.2) is 0 Å². The summed E-state index contributed by atoms with van der Waals surface area (Å²) in [5.41, 5.74) is 10.7. The van der Waals surface area contributed by atoms with Crippen LogP contribution in [0.1, 0.15) is 59.4 Å². The molecule has 2 atom stereocenters. The van der Waals surface area contributed by atoms with E-state index in [0.717, 1.165) is 12.8 Å². The first kappa shape index (κ1) is 24.7. The van der Waals surface area contributed by atoms with Crippen LogP contribution in [0, 0.1) is 13.8 Å². The summed E-state index contributed by atoms with van der Waals surface area (Å²) in [4.78, 5) is 0. The minimum absolute atomic E-state index is 0.496. The Morgan fingerprint density at radius 3 is 1.18 bits per heavy atom. The summed E-state index contributed by atoms with van der Waals surface area (Å²) in [6.07, 6.45) is 2.26. The van der Waals surface area contributed by atoms with Crippen molar-refractivity contribution in [2.45, 2.75) is 51.0 Å². The van der Waals surface area contributed by atoms with Crippen molar-refractivity contribution < 1.29 is 0 Å². The van der Waals surface area contributed by atoms with Crippen LogP contribution in [0.15, 0.2) is 97.1 Å². The van der Waals surface area contributed by atoms with E-state index < -0.39 is 0 Å². The van der Waals surface area contributed by atoms with E-state index in [0.29, 0.717) is 10.5 Å². The van der Waals surface area contributed by atoms with Crippen LogP contribution in [-0.2, 0) is 0 Å². The van der Waals surface area contributed by atoms with Gasteiger partial charge in [0.25, 0.3) is 0 Å². The Morgan fingerprint density at radius 2 is 0.853 bits per heavy atom. The van der Waals surface area contributed by atoms with Crippen LogP contribution < -0.4 is 0 Å². The SMILES string of the molecule is CC[C@@H](SS[C@H](CC)c1ccc(-c2ccccc2C)cc1)c1ccc(-c2ccccc2C)cc1. The zero-order valence-corrected chi connectivity index (χ0v) is 22.3. The quantitative estimate of drug-likeness (QED) is 0.218. The molecule has 0 unspecified atom stereocenters. The maximum absolute atomic E-state index is 2.32. The third-order valence-electron chi connectivity index (χ3n) is 6.51. The lowest BCUT2D eigenvalue weighted by molar-refractivity contribution is 0.893. The normalized spacial score (nSPS) is 12.9. The highest BCUT2D eigenvalue weighted by atomic mass is 33.1. The monoisotopic (exact) mass is 482 g/mol. The van der Waals surface area contributed by atoms with E-state index in [1.165, 1.54) is 44.5 Å². The summed E-state index contributed by atoms with van der Waals surface area (Å²) in [5.74, 6) is 0. The molecule has 0 aromatic heterocycles. The van der Waals surface area contributed by atoms with Crippen molar-refractivity contribution in [3.63, 3.8) is 0 Å². The van der Waals surface area contributed by atoms with E-state index >= 15 is 0 Å². The standard InChI is InChI=1S/C32H34S2/c1-5-31(27-19-15-25(16-20-27)29-13-9-7-11-23(29)3)33-34-32(6-2)28-21-17-26(18-22-28)30-14-10-8-12-24(30)4/h7-22,31-32H,5-6H2,1-4H3/t31-,32-/m1/s1. The Kier molecular flexibility index (Phi) is 8.59. The van der Waals surface area contributed by atoms with Crippen molar-refractivity contribution in [3.05, 3.63) is 119 Å². The van der Waals surface area contributed by atoms with E-state index in [9.17, 15) is 0 Å². The molecule has 0 fully saturated rings. The van der Waals surface area contributed by atoms with E-state index in [-0.39, 0.29) is 0 Å². The molecule has 0 heterocycles. The molecule has 4 aromatic rings. The summed E-state index contributed by atoms with van der Waals surface area (Å²) in [7, 11) is 4.05. The Labute approximate surface area is 213 Å². The van der Waals surface area contributed by atoms with Crippen LogP contribution >= 0.6 is 21.6 Å². The lowest BCUT2D eigenvalue weighted by Gasteiger charge is -2.20. The van der Waals surface area contributed by atoms with Crippen LogP contribution in [-0.4, -0.2) is 0 Å². The van der Waals surface area contributed by atoms with Crippen LogP contribution in [0.25, 0.3) is 22.3 Å². The van der Waals surface area contributed by atoms with Crippen molar-refractivity contribution in [1.29, 1.82) is 0 Å². The highest BCUT2D eigenvalue weighted by molar-refractivity contribution is 8.76. The van der Waals surface area contributed by atoms with Crippen molar-refractivity contribution >= 4 is 21.6 Å². The molecule has 0 aliphatic rings. The van der Waals surface area contributed by atoms with E-state index in [1.54, 1.807) is 0 Å². The van der Waals surface area contributed by atoms with E-state index in [2.05, 4.69) is 125 Å². The molecule has 0 spiro atoms. The minimum Gasteiger partial charge on any atom is -0.0853 e. The predicted molar refractivity (Wildman–Crippen MR) is 154 cm³/mol. The molecular formula is C32H34S2. The third-order valence-corrected chi connectivity index (χ3v) is 10.0. The lowest BCUT2D eigenvalue weighted by atomic mass is 9.98. The molecule has 0 aliphatic carbocycles. The Hall–Kier alpha value is -2.42. The van der Waals surface area contributed by atoms with Crippen LogP contribution in [0.3, 0.4) is 0 Å². The minimum atomic E-state index is 0.496. The second-order valence-electron chi connectivity index (χ2n) is 8.86. The molecule has 34 heavy (non-hydrogen) atoms. The molecule has 0 N–H and O–H groups in total. The average Bonchev–Trinajstić information content (AvgIpc) is 2.88. The highest BCUT2D eigenvalue weighted by Gasteiger charge is 2.17. The molecule has 0 nitrogen and oxygen atoms in total. The molecule has 0 aliphatic heterocycles. The van der Waals surface area contributed by atoms with Gasteiger partial charge < -0.3 is 0 Å². The van der Waals surface area contributed by atoms with Gasteiger partial charge in [-0.05, 0) is 71.2 Å². The first-order valence-corrected chi connectivity index (χ1v) is 14.5. The molecular weight excluding hydrogens is 448 g/mol. The molecule has 0 saturated heterocycles. The molecule has 4 aromatic carbocycles. The summed E-state index contributed by atoms with van der Waals surface area (Å²) in [5, 5.41) is 0.993. The fraction of sp³-hybridized carbons (Fsp3) is 0.250. The number of aryl methyl sites for hydroxylation is 2. The van der Waals surface area contributed by atoms with Gasteiger partial charge in [-0.3, -0.25) is 0 Å². The second kappa shape index (κ2) is 11.8. The van der Waals surface area contributed by atoms with E-state index in [4.69, 9.17) is 0 Å². The number of rotatable bonds is 9. The number of hydrogen-bond donors (Lipinski definition) is 0. The molecule has 174 valence electrons. The maximum atomic E-state index is 2.32. The zero-order chi connectivity index (χ0) is 23.9. The fourth-order valence-corrected chi connectivity index (χ4v) is 7.77. The van der Waals surface area contributed by atoms with Gasteiger partial charge >= 0.3 is 0 Å². The van der Waals surface area contributed by atoms with Crippen molar-refractivity contribution in [3.8, 4) is 22.3 Å². The third kappa shape index (κ3) is 5.79. The fourth-order valence-electron chi connectivity index (χ4n) is 4.40. The van der Waals surface area contributed by atoms with Gasteiger partial charge in [0.05, 0.1) is 0 Å². The first-order valence-electron chi connectivity index (χ1n) is 12.2. The maximum Gasteiger partial charge on any atom is 0.0398 e. The molecule has 0 amide bonds.